The fraction of sp³-hybridized carbons (Fsp3) is 0.450. The van der Waals surface area contributed by atoms with Gasteiger partial charge in [0, 0.05) is 18.3 Å². The van der Waals surface area contributed by atoms with Crippen molar-refractivity contribution in [2.24, 2.45) is 0 Å². The molecule has 0 unspecified atom stereocenters. The second-order valence-electron chi connectivity index (χ2n) is 7.31. The predicted molar refractivity (Wildman–Crippen MR) is 101 cm³/mol. The highest BCUT2D eigenvalue weighted by molar-refractivity contribution is 5.80. The number of hydrogen-bond donors (Lipinski definition) is 0. The van der Waals surface area contributed by atoms with Crippen LogP contribution in [0.2, 0.25) is 0 Å². The van der Waals surface area contributed by atoms with Crippen LogP contribution in [-0.2, 0) is 17.9 Å². The van der Waals surface area contributed by atoms with Crippen molar-refractivity contribution in [1.29, 1.82) is 0 Å². The zero-order valence-electron chi connectivity index (χ0n) is 15.7. The van der Waals surface area contributed by atoms with E-state index in [0.717, 1.165) is 19.3 Å². The van der Waals surface area contributed by atoms with E-state index in [9.17, 15) is 9.59 Å². The molecule has 142 valence electrons. The molecular formula is C20H24N4O3. The summed E-state index contributed by atoms with van der Waals surface area (Å²) in [6.07, 6.45) is 6.38. The second-order valence-corrected chi connectivity index (χ2v) is 7.31. The molecule has 0 aromatic carbocycles. The Morgan fingerprint density at radius 2 is 1.96 bits per heavy atom. The van der Waals surface area contributed by atoms with Gasteiger partial charge in [-0.3, -0.25) is 13.9 Å². The van der Waals surface area contributed by atoms with Crippen molar-refractivity contribution < 1.29 is 9.21 Å². The number of imidazole rings is 1. The van der Waals surface area contributed by atoms with Crippen LogP contribution in [0, 0.1) is 0 Å². The van der Waals surface area contributed by atoms with Crippen molar-refractivity contribution in [3.05, 3.63) is 53.0 Å². The van der Waals surface area contributed by atoms with Crippen molar-refractivity contribution in [2.75, 3.05) is 0 Å². The molecule has 3 aromatic heterocycles. The van der Waals surface area contributed by atoms with Gasteiger partial charge in [0.1, 0.15) is 12.3 Å². The summed E-state index contributed by atoms with van der Waals surface area (Å²) in [5.41, 5.74) is 0.983. The number of amides is 1. The van der Waals surface area contributed by atoms with Gasteiger partial charge in [0.15, 0.2) is 5.65 Å². The van der Waals surface area contributed by atoms with Crippen LogP contribution in [0.5, 0.6) is 0 Å². The minimum absolute atomic E-state index is 0.0160. The summed E-state index contributed by atoms with van der Waals surface area (Å²) in [6.45, 7) is 4.48. The molecule has 7 heteroatoms. The zero-order chi connectivity index (χ0) is 19.0. The third kappa shape index (κ3) is 3.18. The molecule has 0 aliphatic carbocycles. The Kier molecular flexibility index (Phi) is 4.59. The number of piperidine rings is 1. The maximum Gasteiger partial charge on any atom is 0.331 e. The first-order valence-corrected chi connectivity index (χ1v) is 9.44. The van der Waals surface area contributed by atoms with Crippen LogP contribution >= 0.6 is 0 Å². The molecule has 1 saturated heterocycles. The van der Waals surface area contributed by atoms with Crippen LogP contribution in [0.25, 0.3) is 11.2 Å². The van der Waals surface area contributed by atoms with Crippen molar-refractivity contribution in [1.82, 2.24) is 19.0 Å². The van der Waals surface area contributed by atoms with Crippen LogP contribution in [0.15, 0.2) is 45.9 Å². The Labute approximate surface area is 157 Å². The molecule has 1 amide bonds. The number of aromatic nitrogens is 3. The van der Waals surface area contributed by atoms with Gasteiger partial charge < -0.3 is 9.32 Å². The first kappa shape index (κ1) is 17.6. The third-order valence-electron chi connectivity index (χ3n) is 5.44. The molecule has 0 saturated carbocycles. The highest BCUT2D eigenvalue weighted by atomic mass is 16.3. The van der Waals surface area contributed by atoms with E-state index in [0.29, 0.717) is 16.9 Å². The minimum Gasteiger partial charge on any atom is -0.467 e. The lowest BCUT2D eigenvalue weighted by Gasteiger charge is -2.39. The molecule has 2 atom stereocenters. The number of hydrogen-bond acceptors (Lipinski definition) is 4. The summed E-state index contributed by atoms with van der Waals surface area (Å²) in [5, 5.41) is 0. The van der Waals surface area contributed by atoms with Crippen molar-refractivity contribution in [3.63, 3.8) is 0 Å². The first-order valence-electron chi connectivity index (χ1n) is 9.44. The SMILES string of the molecule is C[C@@H]1CCC[C@@H](C)N1C(=O)Cn1c(=O)n(Cc2ccco2)c2ncccc21. The minimum atomic E-state index is -0.245. The summed E-state index contributed by atoms with van der Waals surface area (Å²) in [7, 11) is 0. The van der Waals surface area contributed by atoms with E-state index in [2.05, 4.69) is 18.8 Å². The average molecular weight is 368 g/mol. The van der Waals surface area contributed by atoms with Crippen molar-refractivity contribution in [2.45, 2.75) is 58.3 Å². The van der Waals surface area contributed by atoms with Gasteiger partial charge >= 0.3 is 5.69 Å². The van der Waals surface area contributed by atoms with Crippen LogP contribution < -0.4 is 5.69 Å². The Morgan fingerprint density at radius 1 is 1.19 bits per heavy atom. The van der Waals surface area contributed by atoms with E-state index in [1.165, 1.54) is 4.57 Å². The van der Waals surface area contributed by atoms with Gasteiger partial charge in [-0.15, -0.1) is 0 Å². The summed E-state index contributed by atoms with van der Waals surface area (Å²) >= 11 is 0. The Bertz CT molecular complexity index is 992. The standard InChI is InChI=1S/C20H24N4O3/c1-14-6-3-7-15(2)24(14)18(25)13-22-17-9-4-10-21-19(17)23(20(22)26)12-16-8-5-11-27-16/h4-5,8-11,14-15H,3,6-7,12-13H2,1-2H3/t14-,15-/m1/s1. The normalized spacial score (nSPS) is 20.3. The molecule has 27 heavy (non-hydrogen) atoms. The molecule has 1 aliphatic rings. The van der Waals surface area contributed by atoms with Gasteiger partial charge in [-0.05, 0) is 57.4 Å². The number of fused-ring (bicyclic) bond motifs is 1. The molecule has 3 aromatic rings. The van der Waals surface area contributed by atoms with Crippen molar-refractivity contribution >= 4 is 17.1 Å². The summed E-state index contributed by atoms with van der Waals surface area (Å²) in [4.78, 5) is 32.4. The summed E-state index contributed by atoms with van der Waals surface area (Å²) < 4.78 is 8.47. The Balaban J connectivity index is 1.70. The Hall–Kier alpha value is -2.83. The summed E-state index contributed by atoms with van der Waals surface area (Å²) in [5.74, 6) is 0.657. The van der Waals surface area contributed by atoms with Crippen LogP contribution in [0.3, 0.4) is 0 Å². The maximum absolute atomic E-state index is 13.1. The molecule has 4 rings (SSSR count). The maximum atomic E-state index is 13.1. The van der Waals surface area contributed by atoms with Crippen molar-refractivity contribution in [3.8, 4) is 0 Å². The smallest absolute Gasteiger partial charge is 0.331 e. The molecular weight excluding hydrogens is 344 g/mol. The highest BCUT2D eigenvalue weighted by Crippen LogP contribution is 2.23. The van der Waals surface area contributed by atoms with E-state index in [1.807, 2.05) is 17.0 Å². The lowest BCUT2D eigenvalue weighted by Crippen LogP contribution is -2.49. The van der Waals surface area contributed by atoms with Crippen LogP contribution in [-0.4, -0.2) is 37.0 Å². The monoisotopic (exact) mass is 368 g/mol. The van der Waals surface area contributed by atoms with Gasteiger partial charge in [0.05, 0.1) is 18.3 Å². The molecule has 0 N–H and O–H groups in total. The predicted octanol–water partition coefficient (Wildman–Crippen LogP) is 2.63. The number of carbonyl (C=O) groups is 1. The molecule has 7 nitrogen and oxygen atoms in total. The number of carbonyl (C=O) groups excluding carboxylic acids is 1. The number of pyridine rings is 1. The van der Waals surface area contributed by atoms with Crippen LogP contribution in [0.1, 0.15) is 38.9 Å². The highest BCUT2D eigenvalue weighted by Gasteiger charge is 2.30. The summed E-state index contributed by atoms with van der Waals surface area (Å²) in [6, 6.07) is 7.62. The quantitative estimate of drug-likeness (QED) is 0.710. The molecule has 0 bridgehead atoms. The fourth-order valence-corrected chi connectivity index (χ4v) is 4.13. The second kappa shape index (κ2) is 7.06. The number of furan rings is 1. The molecule has 0 spiro atoms. The van der Waals surface area contributed by atoms with Gasteiger partial charge in [0.25, 0.3) is 0 Å². The molecule has 1 aliphatic heterocycles. The third-order valence-corrected chi connectivity index (χ3v) is 5.44. The van der Waals surface area contributed by atoms with Crippen LogP contribution in [0.4, 0.5) is 0 Å². The van der Waals surface area contributed by atoms with E-state index in [4.69, 9.17) is 4.42 Å². The lowest BCUT2D eigenvalue weighted by atomic mass is 9.97. The molecule has 0 radical (unpaired) electrons. The molecule has 4 heterocycles. The van der Waals surface area contributed by atoms with Gasteiger partial charge in [0.2, 0.25) is 5.91 Å². The fourth-order valence-electron chi connectivity index (χ4n) is 4.13. The number of likely N-dealkylation sites (tertiary alicyclic amines) is 1. The van der Waals surface area contributed by atoms with E-state index in [-0.39, 0.29) is 36.8 Å². The average Bonchev–Trinajstić information content (AvgIpc) is 3.25. The first-order chi connectivity index (χ1) is 13.1. The largest absolute Gasteiger partial charge is 0.467 e. The van der Waals surface area contributed by atoms with Gasteiger partial charge in [-0.25, -0.2) is 9.78 Å². The van der Waals surface area contributed by atoms with Gasteiger partial charge in [-0.2, -0.15) is 0 Å². The van der Waals surface area contributed by atoms with E-state index >= 15 is 0 Å². The van der Waals surface area contributed by atoms with Gasteiger partial charge in [-0.1, -0.05) is 0 Å². The molecule has 1 fully saturated rings. The zero-order valence-corrected chi connectivity index (χ0v) is 15.7. The number of nitrogens with zero attached hydrogens (tertiary/aromatic N) is 4. The van der Waals surface area contributed by atoms with E-state index in [1.54, 1.807) is 29.2 Å². The van der Waals surface area contributed by atoms with E-state index < -0.39 is 0 Å². The topological polar surface area (TPSA) is 73.3 Å². The lowest BCUT2D eigenvalue weighted by molar-refractivity contribution is -0.137. The Morgan fingerprint density at radius 3 is 2.67 bits per heavy atom. The number of rotatable bonds is 4.